The van der Waals surface area contributed by atoms with E-state index in [9.17, 15) is 0 Å². The second kappa shape index (κ2) is 4.47. The van der Waals surface area contributed by atoms with Gasteiger partial charge < -0.3 is 10.1 Å². The van der Waals surface area contributed by atoms with E-state index in [4.69, 9.17) is 4.74 Å². The second-order valence-electron chi connectivity index (χ2n) is 3.78. The Bertz CT molecular complexity index is 314. The molecule has 4 nitrogen and oxygen atoms in total. The van der Waals surface area contributed by atoms with Gasteiger partial charge in [-0.05, 0) is 19.3 Å². The van der Waals surface area contributed by atoms with Gasteiger partial charge in [0.1, 0.15) is 17.7 Å². The number of nitrogens with one attached hydrogen (secondary N) is 1. The molecular formula is C11H17N3O. The van der Waals surface area contributed by atoms with E-state index in [1.807, 2.05) is 20.0 Å². The molecule has 4 heteroatoms. The maximum Gasteiger partial charge on any atom is 0.218 e. The van der Waals surface area contributed by atoms with Crippen LogP contribution in [0, 0.1) is 0 Å². The summed E-state index contributed by atoms with van der Waals surface area (Å²) in [7, 11) is 1.86. The summed E-state index contributed by atoms with van der Waals surface area (Å²) in [5.74, 6) is 2.36. The number of aromatic nitrogens is 2. The van der Waals surface area contributed by atoms with Crippen molar-refractivity contribution < 1.29 is 4.74 Å². The Hall–Kier alpha value is -1.32. The molecule has 0 unspecified atom stereocenters. The fourth-order valence-electron chi connectivity index (χ4n) is 1.48. The highest BCUT2D eigenvalue weighted by Crippen LogP contribution is 2.25. The van der Waals surface area contributed by atoms with Gasteiger partial charge in [0.25, 0.3) is 0 Å². The molecule has 82 valence electrons. The smallest absolute Gasteiger partial charge is 0.218 e. The monoisotopic (exact) mass is 207 g/mol. The zero-order chi connectivity index (χ0) is 10.7. The first-order chi connectivity index (χ1) is 7.31. The van der Waals surface area contributed by atoms with Crippen LogP contribution in [-0.4, -0.2) is 23.1 Å². The largest absolute Gasteiger partial charge is 0.474 e. The van der Waals surface area contributed by atoms with Crippen LogP contribution < -0.4 is 10.1 Å². The molecule has 0 spiro atoms. The summed E-state index contributed by atoms with van der Waals surface area (Å²) in [6, 6.07) is 1.86. The Balaban J connectivity index is 2.13. The van der Waals surface area contributed by atoms with Crippen LogP contribution in [0.3, 0.4) is 0 Å². The molecule has 1 saturated carbocycles. The standard InChI is InChI=1S/C11H17N3O/c1-3-9-13-10(12-2)7-11(14-9)15-8-5-4-6-8/h7-8H,3-6H2,1-2H3,(H,12,13,14). The molecule has 0 bridgehead atoms. The van der Waals surface area contributed by atoms with Crippen molar-refractivity contribution in [2.45, 2.75) is 38.7 Å². The van der Waals surface area contributed by atoms with Crippen molar-refractivity contribution in [3.05, 3.63) is 11.9 Å². The van der Waals surface area contributed by atoms with Crippen LogP contribution in [0.4, 0.5) is 5.82 Å². The molecule has 1 aromatic heterocycles. The Morgan fingerprint density at radius 1 is 1.47 bits per heavy atom. The number of ether oxygens (including phenoxy) is 1. The topological polar surface area (TPSA) is 47.0 Å². The van der Waals surface area contributed by atoms with Crippen LogP contribution in [0.1, 0.15) is 32.0 Å². The average Bonchev–Trinajstić information content (AvgIpc) is 2.23. The molecular weight excluding hydrogens is 190 g/mol. The van der Waals surface area contributed by atoms with Crippen LogP contribution >= 0.6 is 0 Å². The first-order valence-corrected chi connectivity index (χ1v) is 5.54. The maximum atomic E-state index is 5.74. The van der Waals surface area contributed by atoms with Crippen molar-refractivity contribution in [2.24, 2.45) is 0 Å². The molecule has 2 rings (SSSR count). The van der Waals surface area contributed by atoms with E-state index < -0.39 is 0 Å². The Morgan fingerprint density at radius 2 is 2.27 bits per heavy atom. The molecule has 15 heavy (non-hydrogen) atoms. The number of nitrogens with zero attached hydrogens (tertiary/aromatic N) is 2. The number of hydrogen-bond donors (Lipinski definition) is 1. The minimum Gasteiger partial charge on any atom is -0.474 e. The van der Waals surface area contributed by atoms with E-state index >= 15 is 0 Å². The van der Waals surface area contributed by atoms with Crippen LogP contribution in [0.15, 0.2) is 6.07 Å². The Kier molecular flexibility index (Phi) is 3.04. The lowest BCUT2D eigenvalue weighted by atomic mass is 9.96. The van der Waals surface area contributed by atoms with Gasteiger partial charge in [-0.2, -0.15) is 4.98 Å². The van der Waals surface area contributed by atoms with Crippen molar-refractivity contribution in [1.29, 1.82) is 0 Å². The zero-order valence-electron chi connectivity index (χ0n) is 9.29. The van der Waals surface area contributed by atoms with E-state index in [1.54, 1.807) is 0 Å². The van der Waals surface area contributed by atoms with Crippen molar-refractivity contribution in [3.63, 3.8) is 0 Å². The number of aryl methyl sites for hydroxylation is 1. The van der Waals surface area contributed by atoms with E-state index in [1.165, 1.54) is 6.42 Å². The van der Waals surface area contributed by atoms with Gasteiger partial charge in [0.05, 0.1) is 0 Å². The minimum absolute atomic E-state index is 0.370. The van der Waals surface area contributed by atoms with Gasteiger partial charge >= 0.3 is 0 Å². The van der Waals surface area contributed by atoms with Crippen molar-refractivity contribution >= 4 is 5.82 Å². The summed E-state index contributed by atoms with van der Waals surface area (Å²) < 4.78 is 5.74. The van der Waals surface area contributed by atoms with Gasteiger partial charge in [-0.15, -0.1) is 0 Å². The summed E-state index contributed by atoms with van der Waals surface area (Å²) in [5.41, 5.74) is 0. The molecule has 1 heterocycles. The maximum absolute atomic E-state index is 5.74. The van der Waals surface area contributed by atoms with Crippen LogP contribution in [-0.2, 0) is 6.42 Å². The zero-order valence-corrected chi connectivity index (χ0v) is 9.29. The highest BCUT2D eigenvalue weighted by atomic mass is 16.5. The molecule has 0 amide bonds. The van der Waals surface area contributed by atoms with Crippen molar-refractivity contribution in [2.75, 3.05) is 12.4 Å². The highest BCUT2D eigenvalue weighted by molar-refractivity contribution is 5.37. The number of anilines is 1. The summed E-state index contributed by atoms with van der Waals surface area (Å²) >= 11 is 0. The molecule has 0 atom stereocenters. The molecule has 1 fully saturated rings. The summed E-state index contributed by atoms with van der Waals surface area (Å²) in [5, 5.41) is 3.02. The molecule has 1 N–H and O–H groups in total. The van der Waals surface area contributed by atoms with E-state index in [2.05, 4.69) is 15.3 Å². The highest BCUT2D eigenvalue weighted by Gasteiger charge is 2.20. The van der Waals surface area contributed by atoms with Gasteiger partial charge in [-0.3, -0.25) is 0 Å². The third-order valence-corrected chi connectivity index (χ3v) is 2.66. The van der Waals surface area contributed by atoms with E-state index in [0.717, 1.165) is 30.9 Å². The lowest BCUT2D eigenvalue weighted by Gasteiger charge is -2.25. The molecule has 0 aromatic carbocycles. The third-order valence-electron chi connectivity index (χ3n) is 2.66. The Morgan fingerprint density at radius 3 is 2.80 bits per heavy atom. The minimum atomic E-state index is 0.370. The van der Waals surface area contributed by atoms with E-state index in [0.29, 0.717) is 12.0 Å². The summed E-state index contributed by atoms with van der Waals surface area (Å²) in [6.07, 6.45) is 4.78. The Labute approximate surface area is 90.1 Å². The fraction of sp³-hybridized carbons (Fsp3) is 0.636. The predicted molar refractivity (Wildman–Crippen MR) is 59.2 cm³/mol. The van der Waals surface area contributed by atoms with Gasteiger partial charge in [-0.25, -0.2) is 4.98 Å². The van der Waals surface area contributed by atoms with Crippen molar-refractivity contribution in [3.8, 4) is 5.88 Å². The summed E-state index contributed by atoms with van der Waals surface area (Å²) in [6.45, 7) is 2.04. The second-order valence-corrected chi connectivity index (χ2v) is 3.78. The van der Waals surface area contributed by atoms with Crippen LogP contribution in [0.2, 0.25) is 0 Å². The van der Waals surface area contributed by atoms with Crippen molar-refractivity contribution in [1.82, 2.24) is 9.97 Å². The first kappa shape index (κ1) is 10.2. The van der Waals surface area contributed by atoms with Gasteiger partial charge in [0.2, 0.25) is 5.88 Å². The first-order valence-electron chi connectivity index (χ1n) is 5.54. The molecule has 0 radical (unpaired) electrons. The van der Waals surface area contributed by atoms with Gasteiger partial charge in [-0.1, -0.05) is 6.92 Å². The van der Waals surface area contributed by atoms with Crippen LogP contribution in [0.25, 0.3) is 0 Å². The lowest BCUT2D eigenvalue weighted by molar-refractivity contribution is 0.114. The fourth-order valence-corrected chi connectivity index (χ4v) is 1.48. The predicted octanol–water partition coefficient (Wildman–Crippen LogP) is 2.01. The number of hydrogen-bond acceptors (Lipinski definition) is 4. The molecule has 1 aromatic rings. The van der Waals surface area contributed by atoms with Gasteiger partial charge in [0.15, 0.2) is 0 Å². The normalized spacial score (nSPS) is 15.9. The van der Waals surface area contributed by atoms with Crippen LogP contribution in [0.5, 0.6) is 5.88 Å². The summed E-state index contributed by atoms with van der Waals surface area (Å²) in [4.78, 5) is 8.67. The molecule has 0 saturated heterocycles. The average molecular weight is 207 g/mol. The molecule has 0 aliphatic heterocycles. The molecule has 1 aliphatic rings. The van der Waals surface area contributed by atoms with E-state index in [-0.39, 0.29) is 0 Å². The molecule has 1 aliphatic carbocycles. The lowest BCUT2D eigenvalue weighted by Crippen LogP contribution is -2.25. The number of rotatable bonds is 4. The van der Waals surface area contributed by atoms with Gasteiger partial charge in [0, 0.05) is 19.5 Å². The quantitative estimate of drug-likeness (QED) is 0.820. The SMILES string of the molecule is CCc1nc(NC)cc(OC2CCC2)n1. The third kappa shape index (κ3) is 2.37.